The third-order valence-electron chi connectivity index (χ3n) is 5.01. The molecule has 29 heavy (non-hydrogen) atoms. The minimum atomic E-state index is -0.272. The monoisotopic (exact) mass is 407 g/mol. The van der Waals surface area contributed by atoms with Gasteiger partial charge in [-0.1, -0.05) is 49.7 Å². The number of nitrogens with one attached hydrogen (secondary N) is 1. The minimum Gasteiger partial charge on any atom is -0.339 e. The van der Waals surface area contributed by atoms with E-state index in [0.29, 0.717) is 33.7 Å². The van der Waals surface area contributed by atoms with Crippen LogP contribution in [0, 0.1) is 5.92 Å². The van der Waals surface area contributed by atoms with Crippen molar-refractivity contribution in [2.45, 2.75) is 20.4 Å². The largest absolute Gasteiger partial charge is 0.339 e. The number of para-hydroxylation sites is 1. The third kappa shape index (κ3) is 3.42. The van der Waals surface area contributed by atoms with E-state index in [1.165, 1.54) is 0 Å². The summed E-state index contributed by atoms with van der Waals surface area (Å²) in [7, 11) is 1.87. The molecule has 1 amide bonds. The van der Waals surface area contributed by atoms with E-state index >= 15 is 0 Å². The Bertz CT molecular complexity index is 1300. The normalized spacial score (nSPS) is 11.5. The average molecular weight is 408 g/mol. The average Bonchev–Trinajstić information content (AvgIpc) is 2.97. The highest BCUT2D eigenvalue weighted by atomic mass is 35.5. The van der Waals surface area contributed by atoms with Crippen molar-refractivity contribution in [3.63, 3.8) is 0 Å². The van der Waals surface area contributed by atoms with E-state index in [1.54, 1.807) is 35.0 Å². The Hall–Kier alpha value is -3.05. The molecule has 0 aliphatic heterocycles. The molecule has 2 aromatic heterocycles. The Morgan fingerprint density at radius 3 is 2.62 bits per heavy atom. The molecule has 0 saturated heterocycles. The number of hydrogen-bond acceptors (Lipinski definition) is 2. The van der Waals surface area contributed by atoms with Crippen molar-refractivity contribution >= 4 is 45.0 Å². The fourth-order valence-corrected chi connectivity index (χ4v) is 3.99. The summed E-state index contributed by atoms with van der Waals surface area (Å²) >= 11 is 6.05. The van der Waals surface area contributed by atoms with Gasteiger partial charge in [0.2, 0.25) is 0 Å². The lowest BCUT2D eigenvalue weighted by Crippen LogP contribution is -2.26. The summed E-state index contributed by atoms with van der Waals surface area (Å²) < 4.78 is 3.51. The van der Waals surface area contributed by atoms with Crippen LogP contribution in [0.2, 0.25) is 5.02 Å². The van der Waals surface area contributed by atoms with Gasteiger partial charge in [0.1, 0.15) is 5.52 Å². The van der Waals surface area contributed by atoms with Gasteiger partial charge in [0.05, 0.1) is 5.56 Å². The van der Waals surface area contributed by atoms with Crippen molar-refractivity contribution in [3.05, 3.63) is 75.7 Å². The molecule has 5 nitrogen and oxygen atoms in total. The first-order valence-electron chi connectivity index (χ1n) is 9.54. The minimum absolute atomic E-state index is 0.0910. The molecule has 0 aliphatic rings. The Morgan fingerprint density at radius 2 is 1.90 bits per heavy atom. The quantitative estimate of drug-likeness (QED) is 0.514. The SMILES string of the molecule is CC(C)Cn1cc(C(=O)Nc2cccc(Cl)c2)c2c3ccccc3n(C)c2c1=O. The molecule has 0 aliphatic carbocycles. The van der Waals surface area contributed by atoms with Crippen molar-refractivity contribution in [1.82, 2.24) is 9.13 Å². The lowest BCUT2D eigenvalue weighted by molar-refractivity contribution is 0.102. The second-order valence-electron chi connectivity index (χ2n) is 7.66. The van der Waals surface area contributed by atoms with Crippen molar-refractivity contribution in [2.75, 3.05) is 5.32 Å². The van der Waals surface area contributed by atoms with Crippen LogP contribution in [0.3, 0.4) is 0 Å². The maximum Gasteiger partial charge on any atom is 0.275 e. The van der Waals surface area contributed by atoms with Crippen molar-refractivity contribution in [1.29, 1.82) is 0 Å². The van der Waals surface area contributed by atoms with Gasteiger partial charge in [-0.3, -0.25) is 9.59 Å². The predicted octanol–water partition coefficient (Wildman–Crippen LogP) is 5.05. The molecular formula is C23H22ClN3O2. The lowest BCUT2D eigenvalue weighted by atomic mass is 10.1. The van der Waals surface area contributed by atoms with Gasteiger partial charge in [-0.15, -0.1) is 0 Å². The molecular weight excluding hydrogens is 386 g/mol. The number of rotatable bonds is 4. The second kappa shape index (κ2) is 7.41. The van der Waals surface area contributed by atoms with Crippen LogP contribution in [0.4, 0.5) is 5.69 Å². The van der Waals surface area contributed by atoms with Gasteiger partial charge in [-0.25, -0.2) is 0 Å². The molecule has 2 aromatic carbocycles. The number of benzene rings is 2. The Balaban J connectivity index is 1.98. The molecule has 0 bridgehead atoms. The topological polar surface area (TPSA) is 56.0 Å². The number of carbonyl (C=O) groups excluding carboxylic acids is 1. The molecule has 2 heterocycles. The zero-order valence-electron chi connectivity index (χ0n) is 16.6. The number of amides is 1. The molecule has 1 N–H and O–H groups in total. The maximum atomic E-state index is 13.3. The molecule has 0 saturated carbocycles. The van der Waals surface area contributed by atoms with Gasteiger partial charge in [0, 0.05) is 46.8 Å². The fraction of sp³-hybridized carbons (Fsp3) is 0.217. The van der Waals surface area contributed by atoms with Crippen LogP contribution in [0.1, 0.15) is 24.2 Å². The van der Waals surface area contributed by atoms with E-state index in [1.807, 2.05) is 49.7 Å². The Labute approximate surface area is 173 Å². The first-order valence-corrected chi connectivity index (χ1v) is 9.92. The number of nitrogens with zero attached hydrogens (tertiary/aromatic N) is 2. The molecule has 0 fully saturated rings. The van der Waals surface area contributed by atoms with Crippen molar-refractivity contribution < 1.29 is 4.79 Å². The van der Waals surface area contributed by atoms with Crippen LogP contribution in [0.25, 0.3) is 21.8 Å². The van der Waals surface area contributed by atoms with E-state index in [0.717, 1.165) is 10.9 Å². The zero-order chi connectivity index (χ0) is 20.7. The van der Waals surface area contributed by atoms with Crippen LogP contribution in [0.15, 0.2) is 59.5 Å². The van der Waals surface area contributed by atoms with Gasteiger partial charge < -0.3 is 14.5 Å². The molecule has 4 rings (SSSR count). The number of hydrogen-bond donors (Lipinski definition) is 1. The van der Waals surface area contributed by atoms with Gasteiger partial charge in [0.15, 0.2) is 0 Å². The van der Waals surface area contributed by atoms with Crippen LogP contribution in [-0.4, -0.2) is 15.0 Å². The Morgan fingerprint density at radius 1 is 1.14 bits per heavy atom. The summed E-state index contributed by atoms with van der Waals surface area (Å²) in [4.78, 5) is 26.5. The molecule has 6 heteroatoms. The van der Waals surface area contributed by atoms with E-state index < -0.39 is 0 Å². The smallest absolute Gasteiger partial charge is 0.275 e. The zero-order valence-corrected chi connectivity index (χ0v) is 17.3. The first-order chi connectivity index (χ1) is 13.9. The maximum absolute atomic E-state index is 13.3. The number of anilines is 1. The summed E-state index contributed by atoms with van der Waals surface area (Å²) in [6.45, 7) is 4.63. The van der Waals surface area contributed by atoms with E-state index in [-0.39, 0.29) is 17.4 Å². The number of aromatic nitrogens is 2. The summed E-state index contributed by atoms with van der Waals surface area (Å²) in [6, 6.07) is 14.8. The lowest BCUT2D eigenvalue weighted by Gasteiger charge is -2.13. The highest BCUT2D eigenvalue weighted by Gasteiger charge is 2.21. The van der Waals surface area contributed by atoms with Gasteiger partial charge in [-0.2, -0.15) is 0 Å². The number of aryl methyl sites for hydroxylation is 1. The summed E-state index contributed by atoms with van der Waals surface area (Å²) in [6.07, 6.45) is 1.68. The van der Waals surface area contributed by atoms with E-state index in [4.69, 9.17) is 11.6 Å². The van der Waals surface area contributed by atoms with Crippen molar-refractivity contribution in [2.24, 2.45) is 13.0 Å². The van der Waals surface area contributed by atoms with Crippen molar-refractivity contribution in [3.8, 4) is 0 Å². The predicted molar refractivity (Wildman–Crippen MR) is 119 cm³/mol. The Kier molecular flexibility index (Phi) is 4.92. The number of pyridine rings is 1. The van der Waals surface area contributed by atoms with E-state index in [9.17, 15) is 9.59 Å². The first kappa shape index (κ1) is 19.3. The van der Waals surface area contributed by atoms with Crippen LogP contribution >= 0.6 is 11.6 Å². The summed E-state index contributed by atoms with van der Waals surface area (Å²) in [5.41, 5.74) is 2.44. The number of fused-ring (bicyclic) bond motifs is 3. The summed E-state index contributed by atoms with van der Waals surface area (Å²) in [5.74, 6) is -0.00481. The fourth-order valence-electron chi connectivity index (χ4n) is 3.80. The number of carbonyl (C=O) groups is 1. The molecule has 148 valence electrons. The van der Waals surface area contributed by atoms with Crippen LogP contribution in [-0.2, 0) is 13.6 Å². The third-order valence-corrected chi connectivity index (χ3v) is 5.25. The molecule has 0 unspecified atom stereocenters. The molecule has 4 aromatic rings. The molecule has 0 spiro atoms. The molecule has 0 radical (unpaired) electrons. The van der Waals surface area contributed by atoms with E-state index in [2.05, 4.69) is 5.32 Å². The summed E-state index contributed by atoms with van der Waals surface area (Å²) in [5, 5.41) is 5.02. The number of halogens is 1. The van der Waals surface area contributed by atoms with Gasteiger partial charge in [0.25, 0.3) is 11.5 Å². The van der Waals surface area contributed by atoms with Crippen LogP contribution < -0.4 is 10.9 Å². The molecule has 0 atom stereocenters. The highest BCUT2D eigenvalue weighted by molar-refractivity contribution is 6.31. The van der Waals surface area contributed by atoms with Gasteiger partial charge in [-0.05, 0) is 30.2 Å². The van der Waals surface area contributed by atoms with Gasteiger partial charge >= 0.3 is 0 Å². The standard InChI is InChI=1S/C23H22ClN3O2/c1-14(2)12-27-13-18(22(28)25-16-8-6-7-15(24)11-16)20-17-9-4-5-10-19(17)26(3)21(20)23(27)29/h4-11,13-14H,12H2,1-3H3,(H,25,28). The van der Waals surface area contributed by atoms with Crippen LogP contribution in [0.5, 0.6) is 0 Å². The highest BCUT2D eigenvalue weighted by Crippen LogP contribution is 2.29. The second-order valence-corrected chi connectivity index (χ2v) is 8.09.